The Bertz CT molecular complexity index is 1430. The summed E-state index contributed by atoms with van der Waals surface area (Å²) in [6, 6.07) is 6.90. The minimum Gasteiger partial charge on any atom is -0.383 e. The van der Waals surface area contributed by atoms with Crippen molar-refractivity contribution in [2.75, 3.05) is 18.9 Å². The topological polar surface area (TPSA) is 99.2 Å². The Morgan fingerprint density at radius 2 is 2.03 bits per heavy atom. The van der Waals surface area contributed by atoms with Crippen LogP contribution in [0.3, 0.4) is 0 Å². The average Bonchev–Trinajstić information content (AvgIpc) is 3.21. The lowest BCUT2D eigenvalue weighted by molar-refractivity contribution is -0.141. The van der Waals surface area contributed by atoms with Gasteiger partial charge in [0.25, 0.3) is 5.91 Å². The first-order chi connectivity index (χ1) is 16.2. The number of amides is 1. The van der Waals surface area contributed by atoms with Crippen LogP contribution in [-0.2, 0) is 24.6 Å². The van der Waals surface area contributed by atoms with E-state index in [0.717, 1.165) is 17.0 Å². The van der Waals surface area contributed by atoms with Gasteiger partial charge >= 0.3 is 6.18 Å². The van der Waals surface area contributed by atoms with Crippen molar-refractivity contribution in [3.63, 3.8) is 0 Å². The second-order valence-electron chi connectivity index (χ2n) is 8.11. The Labute approximate surface area is 192 Å². The summed E-state index contributed by atoms with van der Waals surface area (Å²) in [6.07, 6.45) is -2.93. The number of hydrogen-bond acceptors (Lipinski definition) is 6. The summed E-state index contributed by atoms with van der Waals surface area (Å²) in [5, 5.41) is 5.67. The van der Waals surface area contributed by atoms with Crippen molar-refractivity contribution in [3.8, 4) is 0 Å². The number of carbonyl (C=O) groups excluding carboxylic acids is 1. The molecular formula is C23H21F3N6O2. The number of carbonyl (C=O) groups is 1. The number of benzene rings is 1. The second-order valence-corrected chi connectivity index (χ2v) is 8.11. The van der Waals surface area contributed by atoms with Gasteiger partial charge in [0.15, 0.2) is 0 Å². The predicted octanol–water partition coefficient (Wildman–Crippen LogP) is 3.85. The van der Waals surface area contributed by atoms with Gasteiger partial charge in [-0.05, 0) is 31.2 Å². The Kier molecular flexibility index (Phi) is 5.16. The van der Waals surface area contributed by atoms with Crippen molar-refractivity contribution in [3.05, 3.63) is 59.0 Å². The van der Waals surface area contributed by atoms with E-state index in [4.69, 9.17) is 10.5 Å². The molecule has 8 nitrogen and oxygen atoms in total. The molecule has 3 aromatic heterocycles. The number of fused-ring (bicyclic) bond motifs is 4. The molecule has 1 aromatic carbocycles. The van der Waals surface area contributed by atoms with Gasteiger partial charge in [-0.1, -0.05) is 6.07 Å². The third-order valence-corrected chi connectivity index (χ3v) is 6.11. The van der Waals surface area contributed by atoms with Gasteiger partial charge in [-0.3, -0.25) is 9.48 Å². The molecule has 0 saturated carbocycles. The molecule has 1 aliphatic rings. The summed E-state index contributed by atoms with van der Waals surface area (Å²) in [7, 11) is 1.78. The van der Waals surface area contributed by atoms with E-state index in [9.17, 15) is 18.0 Å². The number of anilines is 1. The number of nitrogen functional groups attached to an aromatic ring is 1. The summed E-state index contributed by atoms with van der Waals surface area (Å²) >= 11 is 0. The molecule has 0 unspecified atom stereocenters. The van der Waals surface area contributed by atoms with E-state index >= 15 is 0 Å². The molecule has 176 valence electrons. The number of likely N-dealkylation sites (N-methyl/N-ethyl adjacent to an activating group) is 1. The van der Waals surface area contributed by atoms with Crippen LogP contribution in [0.4, 0.5) is 19.0 Å². The van der Waals surface area contributed by atoms with Gasteiger partial charge in [0, 0.05) is 30.1 Å². The van der Waals surface area contributed by atoms with Crippen LogP contribution in [-0.4, -0.2) is 43.7 Å². The molecule has 2 N–H and O–H groups in total. The highest BCUT2D eigenvalue weighted by Crippen LogP contribution is 2.35. The standard InChI is InChI=1S/C23H21F3N6O2/c1-3-32(18-11-34-10-17-13(18)5-7-19(29-17)23(24,25)26)22(33)12-4-6-16-14(8-12)20-15(21(27)30-16)9-28-31(20)2/h4-9,18H,3,10-11H2,1-2H3,(H2,27,30)/t18-/m1/s1. The average molecular weight is 470 g/mol. The molecule has 0 fully saturated rings. The van der Waals surface area contributed by atoms with E-state index in [1.807, 2.05) is 6.92 Å². The highest BCUT2D eigenvalue weighted by molar-refractivity contribution is 6.10. The number of aryl methyl sites for hydroxylation is 1. The molecule has 34 heavy (non-hydrogen) atoms. The minimum atomic E-state index is -4.55. The molecule has 11 heteroatoms. The molecular weight excluding hydrogens is 449 g/mol. The third-order valence-electron chi connectivity index (χ3n) is 6.11. The summed E-state index contributed by atoms with van der Waals surface area (Å²) in [6.45, 7) is 2.26. The molecule has 1 aliphatic heterocycles. The number of nitrogens with two attached hydrogens (primary N) is 1. The van der Waals surface area contributed by atoms with Crippen molar-refractivity contribution in [1.82, 2.24) is 24.6 Å². The zero-order chi connectivity index (χ0) is 24.2. The summed E-state index contributed by atoms with van der Waals surface area (Å²) < 4.78 is 46.5. The lowest BCUT2D eigenvalue weighted by atomic mass is 9.99. The van der Waals surface area contributed by atoms with E-state index < -0.39 is 17.9 Å². The largest absolute Gasteiger partial charge is 0.433 e. The van der Waals surface area contributed by atoms with Crippen LogP contribution in [0.15, 0.2) is 36.5 Å². The molecule has 0 bridgehead atoms. The van der Waals surface area contributed by atoms with Crippen molar-refractivity contribution >= 4 is 33.5 Å². The Hall–Kier alpha value is -3.73. The Morgan fingerprint density at radius 3 is 2.76 bits per heavy atom. The first-order valence-electron chi connectivity index (χ1n) is 10.7. The Morgan fingerprint density at radius 1 is 1.24 bits per heavy atom. The first kappa shape index (κ1) is 22.1. The van der Waals surface area contributed by atoms with Crippen molar-refractivity contribution < 1.29 is 22.7 Å². The molecule has 1 atom stereocenters. The van der Waals surface area contributed by atoms with Gasteiger partial charge in [-0.25, -0.2) is 9.97 Å². The van der Waals surface area contributed by atoms with Gasteiger partial charge in [-0.2, -0.15) is 18.3 Å². The number of ether oxygens (including phenoxy) is 1. The van der Waals surface area contributed by atoms with Crippen LogP contribution in [0, 0.1) is 0 Å². The number of halogens is 3. The summed E-state index contributed by atoms with van der Waals surface area (Å²) in [5.41, 5.74) is 7.62. The minimum absolute atomic E-state index is 0.0387. The van der Waals surface area contributed by atoms with Crippen molar-refractivity contribution in [1.29, 1.82) is 0 Å². The predicted molar refractivity (Wildman–Crippen MR) is 119 cm³/mol. The number of nitrogens with zero attached hydrogens (tertiary/aromatic N) is 5. The molecule has 4 aromatic rings. The van der Waals surface area contributed by atoms with E-state index in [0.29, 0.717) is 34.4 Å². The normalized spacial score (nSPS) is 16.1. The van der Waals surface area contributed by atoms with Crippen LogP contribution in [0.2, 0.25) is 0 Å². The van der Waals surface area contributed by atoms with Crippen molar-refractivity contribution in [2.45, 2.75) is 25.7 Å². The fourth-order valence-electron chi connectivity index (χ4n) is 4.47. The zero-order valence-electron chi connectivity index (χ0n) is 18.4. The van der Waals surface area contributed by atoms with E-state index in [-0.39, 0.29) is 24.8 Å². The Balaban J connectivity index is 1.55. The van der Waals surface area contributed by atoms with Gasteiger partial charge < -0.3 is 15.4 Å². The van der Waals surface area contributed by atoms with Gasteiger partial charge in [0.05, 0.1) is 47.6 Å². The number of rotatable bonds is 3. The number of pyridine rings is 2. The molecule has 1 amide bonds. The van der Waals surface area contributed by atoms with Gasteiger partial charge in [0.1, 0.15) is 11.5 Å². The molecule has 4 heterocycles. The summed E-state index contributed by atoms with van der Waals surface area (Å²) in [5.74, 6) is 0.0736. The monoisotopic (exact) mass is 470 g/mol. The first-order valence-corrected chi connectivity index (χ1v) is 10.7. The molecule has 5 rings (SSSR count). The fraction of sp³-hybridized carbons (Fsp3) is 0.304. The maximum absolute atomic E-state index is 13.6. The number of hydrogen-bond donors (Lipinski definition) is 1. The SMILES string of the molecule is CCN(C(=O)c1ccc2nc(N)c3cnn(C)c3c2c1)[C@@H]1COCc2nc(C(F)(F)F)ccc21. The lowest BCUT2D eigenvalue weighted by Gasteiger charge is -2.35. The summed E-state index contributed by atoms with van der Waals surface area (Å²) in [4.78, 5) is 23.3. The highest BCUT2D eigenvalue weighted by Gasteiger charge is 2.36. The zero-order valence-corrected chi connectivity index (χ0v) is 18.4. The van der Waals surface area contributed by atoms with Crippen LogP contribution in [0.5, 0.6) is 0 Å². The van der Waals surface area contributed by atoms with E-state index in [1.165, 1.54) is 6.07 Å². The van der Waals surface area contributed by atoms with E-state index in [1.54, 1.807) is 41.0 Å². The number of alkyl halides is 3. The molecule has 0 spiro atoms. The highest BCUT2D eigenvalue weighted by atomic mass is 19.4. The van der Waals surface area contributed by atoms with Gasteiger partial charge in [-0.15, -0.1) is 0 Å². The van der Waals surface area contributed by atoms with Crippen LogP contribution in [0.25, 0.3) is 21.8 Å². The van der Waals surface area contributed by atoms with Crippen LogP contribution >= 0.6 is 0 Å². The second kappa shape index (κ2) is 7.94. The maximum atomic E-state index is 13.6. The third kappa shape index (κ3) is 3.52. The molecule has 0 radical (unpaired) electrons. The smallest absolute Gasteiger partial charge is 0.383 e. The van der Waals surface area contributed by atoms with Gasteiger partial charge in [0.2, 0.25) is 0 Å². The van der Waals surface area contributed by atoms with Crippen LogP contribution < -0.4 is 5.73 Å². The van der Waals surface area contributed by atoms with Crippen molar-refractivity contribution in [2.24, 2.45) is 7.05 Å². The maximum Gasteiger partial charge on any atom is 0.433 e. The van der Waals surface area contributed by atoms with Crippen LogP contribution in [0.1, 0.15) is 40.3 Å². The fourth-order valence-corrected chi connectivity index (χ4v) is 4.47. The van der Waals surface area contributed by atoms with E-state index in [2.05, 4.69) is 15.1 Å². The molecule has 0 saturated heterocycles. The number of aromatic nitrogens is 4. The lowest BCUT2D eigenvalue weighted by Crippen LogP contribution is -2.39. The molecule has 0 aliphatic carbocycles. The quantitative estimate of drug-likeness (QED) is 0.488.